The van der Waals surface area contributed by atoms with Crippen LogP contribution in [0.1, 0.15) is 36.4 Å². The quantitative estimate of drug-likeness (QED) is 0.758. The molecule has 0 spiro atoms. The molecule has 2 aromatic carbocycles. The van der Waals surface area contributed by atoms with Crippen LogP contribution in [0.15, 0.2) is 48.5 Å². The van der Waals surface area contributed by atoms with Crippen LogP contribution in [0.3, 0.4) is 0 Å². The summed E-state index contributed by atoms with van der Waals surface area (Å²) in [6.07, 6.45) is 4.07. The van der Waals surface area contributed by atoms with Crippen molar-refractivity contribution in [2.24, 2.45) is 0 Å². The molecule has 5 nitrogen and oxygen atoms in total. The number of hydrogen-bond acceptors (Lipinski definition) is 4. The molecular weight excluding hydrogens is 352 g/mol. The topological polar surface area (TPSA) is 50.8 Å². The summed E-state index contributed by atoms with van der Waals surface area (Å²) in [6, 6.07) is 16.0. The van der Waals surface area contributed by atoms with Gasteiger partial charge in [0.25, 0.3) is 0 Å². The summed E-state index contributed by atoms with van der Waals surface area (Å²) in [5.41, 5.74) is 2.17. The molecule has 0 bridgehead atoms. The number of carbonyl (C=O) groups excluding carboxylic acids is 1. The molecule has 1 unspecified atom stereocenters. The number of carbonyl (C=O) groups is 1. The summed E-state index contributed by atoms with van der Waals surface area (Å²) in [5, 5.41) is 3.14. The van der Waals surface area contributed by atoms with Gasteiger partial charge in [-0.05, 0) is 49.2 Å². The van der Waals surface area contributed by atoms with Gasteiger partial charge in [0.05, 0.1) is 26.7 Å². The van der Waals surface area contributed by atoms with Crippen LogP contribution in [0.25, 0.3) is 0 Å². The monoisotopic (exact) mass is 382 g/mol. The van der Waals surface area contributed by atoms with Crippen LogP contribution in [0.2, 0.25) is 0 Å². The van der Waals surface area contributed by atoms with Crippen LogP contribution < -0.4 is 14.8 Å². The minimum atomic E-state index is 0.0497. The van der Waals surface area contributed by atoms with Crippen molar-refractivity contribution in [1.29, 1.82) is 0 Å². The Morgan fingerprint density at radius 1 is 1.00 bits per heavy atom. The first-order valence-corrected chi connectivity index (χ1v) is 9.98. The van der Waals surface area contributed by atoms with E-state index in [9.17, 15) is 4.79 Å². The van der Waals surface area contributed by atoms with E-state index in [0.29, 0.717) is 13.0 Å². The molecule has 28 heavy (non-hydrogen) atoms. The molecule has 0 aromatic heterocycles. The maximum atomic E-state index is 12.5. The molecule has 1 aliphatic rings. The van der Waals surface area contributed by atoms with Crippen molar-refractivity contribution in [3.63, 3.8) is 0 Å². The third-order valence-electron chi connectivity index (χ3n) is 5.32. The highest BCUT2D eigenvalue weighted by Gasteiger charge is 2.24. The summed E-state index contributed by atoms with van der Waals surface area (Å²) < 4.78 is 10.9. The van der Waals surface area contributed by atoms with E-state index in [1.54, 1.807) is 14.2 Å². The van der Waals surface area contributed by atoms with E-state index in [-0.39, 0.29) is 11.9 Å². The number of piperidine rings is 1. The van der Waals surface area contributed by atoms with E-state index in [4.69, 9.17) is 9.47 Å². The Morgan fingerprint density at radius 3 is 2.39 bits per heavy atom. The fourth-order valence-electron chi connectivity index (χ4n) is 3.80. The average molecular weight is 383 g/mol. The smallest absolute Gasteiger partial charge is 0.224 e. The fourth-order valence-corrected chi connectivity index (χ4v) is 3.80. The number of ether oxygens (including phenoxy) is 2. The van der Waals surface area contributed by atoms with Gasteiger partial charge < -0.3 is 14.8 Å². The van der Waals surface area contributed by atoms with Gasteiger partial charge in [-0.3, -0.25) is 9.69 Å². The third kappa shape index (κ3) is 5.26. The third-order valence-corrected chi connectivity index (χ3v) is 5.32. The molecule has 2 aromatic rings. The van der Waals surface area contributed by atoms with Gasteiger partial charge in [0.2, 0.25) is 5.91 Å². The van der Waals surface area contributed by atoms with Gasteiger partial charge in [-0.15, -0.1) is 0 Å². The van der Waals surface area contributed by atoms with Gasteiger partial charge in [0, 0.05) is 6.54 Å². The second-order valence-electron chi connectivity index (χ2n) is 7.19. The maximum absolute atomic E-state index is 12.5. The molecule has 1 amide bonds. The molecule has 3 rings (SSSR count). The number of rotatable bonds is 8. The molecule has 150 valence electrons. The molecule has 1 atom stereocenters. The van der Waals surface area contributed by atoms with Crippen molar-refractivity contribution < 1.29 is 14.3 Å². The number of nitrogens with one attached hydrogen (secondary N) is 1. The molecule has 1 N–H and O–H groups in total. The molecule has 1 fully saturated rings. The highest BCUT2D eigenvalue weighted by atomic mass is 16.5. The lowest BCUT2D eigenvalue weighted by molar-refractivity contribution is -0.120. The number of likely N-dealkylation sites (tertiary alicyclic amines) is 1. The van der Waals surface area contributed by atoms with Gasteiger partial charge in [-0.25, -0.2) is 0 Å². The second kappa shape index (κ2) is 10.1. The van der Waals surface area contributed by atoms with E-state index >= 15 is 0 Å². The number of hydrogen-bond donors (Lipinski definition) is 1. The number of nitrogens with zero attached hydrogens (tertiary/aromatic N) is 1. The standard InChI is InChI=1S/C23H30N2O3/c1-27-21-12-11-19(16-22(21)28-2)20(25-13-7-4-8-14-25)17-24-23(26)15-18-9-5-3-6-10-18/h3,5-6,9-12,16,20H,4,7-8,13-15,17H2,1-2H3,(H,24,26). The van der Waals surface area contributed by atoms with Gasteiger partial charge in [-0.2, -0.15) is 0 Å². The molecule has 5 heteroatoms. The Morgan fingerprint density at radius 2 is 1.71 bits per heavy atom. The Kier molecular flexibility index (Phi) is 7.31. The number of methoxy groups -OCH3 is 2. The minimum absolute atomic E-state index is 0.0497. The Hall–Kier alpha value is -2.53. The molecule has 1 heterocycles. The van der Waals surface area contributed by atoms with Gasteiger partial charge >= 0.3 is 0 Å². The van der Waals surface area contributed by atoms with Crippen LogP contribution in [0.5, 0.6) is 11.5 Å². The summed E-state index contributed by atoms with van der Waals surface area (Å²) in [4.78, 5) is 14.9. The van der Waals surface area contributed by atoms with E-state index in [2.05, 4.69) is 16.3 Å². The molecule has 1 aliphatic heterocycles. The second-order valence-corrected chi connectivity index (χ2v) is 7.19. The summed E-state index contributed by atoms with van der Waals surface area (Å²) in [6.45, 7) is 2.68. The van der Waals surface area contributed by atoms with Crippen LogP contribution in [-0.4, -0.2) is 44.7 Å². The predicted molar refractivity (Wildman–Crippen MR) is 111 cm³/mol. The highest BCUT2D eigenvalue weighted by Crippen LogP contribution is 2.32. The largest absolute Gasteiger partial charge is 0.493 e. The van der Waals surface area contributed by atoms with Crippen LogP contribution in [-0.2, 0) is 11.2 Å². The van der Waals surface area contributed by atoms with Crippen molar-refractivity contribution in [3.05, 3.63) is 59.7 Å². The molecule has 0 saturated carbocycles. The fraction of sp³-hybridized carbons (Fsp3) is 0.435. The zero-order chi connectivity index (χ0) is 19.8. The van der Waals surface area contributed by atoms with E-state index in [1.807, 2.05) is 42.5 Å². The summed E-state index contributed by atoms with van der Waals surface area (Å²) in [7, 11) is 3.29. The summed E-state index contributed by atoms with van der Waals surface area (Å²) in [5.74, 6) is 1.49. The van der Waals surface area contributed by atoms with Gasteiger partial charge in [0.1, 0.15) is 0 Å². The van der Waals surface area contributed by atoms with Gasteiger partial charge in [-0.1, -0.05) is 42.8 Å². The molecule has 0 radical (unpaired) electrons. The van der Waals surface area contributed by atoms with E-state index in [1.165, 1.54) is 19.3 Å². The van der Waals surface area contributed by atoms with Crippen LogP contribution in [0.4, 0.5) is 0 Å². The van der Waals surface area contributed by atoms with Crippen molar-refractivity contribution >= 4 is 5.91 Å². The van der Waals surface area contributed by atoms with E-state index in [0.717, 1.165) is 35.7 Å². The van der Waals surface area contributed by atoms with Crippen molar-refractivity contribution in [1.82, 2.24) is 10.2 Å². The number of amides is 1. The maximum Gasteiger partial charge on any atom is 0.224 e. The van der Waals surface area contributed by atoms with Crippen molar-refractivity contribution in [3.8, 4) is 11.5 Å². The van der Waals surface area contributed by atoms with Crippen LogP contribution >= 0.6 is 0 Å². The van der Waals surface area contributed by atoms with E-state index < -0.39 is 0 Å². The zero-order valence-electron chi connectivity index (χ0n) is 16.8. The van der Waals surface area contributed by atoms with Crippen molar-refractivity contribution in [2.75, 3.05) is 33.9 Å². The lowest BCUT2D eigenvalue weighted by atomic mass is 10.0. The SMILES string of the molecule is COc1ccc(C(CNC(=O)Cc2ccccc2)N2CCCCC2)cc1OC. The Balaban J connectivity index is 1.73. The molecular formula is C23H30N2O3. The first-order chi connectivity index (χ1) is 13.7. The highest BCUT2D eigenvalue weighted by molar-refractivity contribution is 5.78. The lowest BCUT2D eigenvalue weighted by Crippen LogP contribution is -2.41. The predicted octanol–water partition coefficient (Wildman–Crippen LogP) is 3.59. The first kappa shape index (κ1) is 20.2. The minimum Gasteiger partial charge on any atom is -0.493 e. The first-order valence-electron chi connectivity index (χ1n) is 9.98. The number of benzene rings is 2. The lowest BCUT2D eigenvalue weighted by Gasteiger charge is -2.35. The van der Waals surface area contributed by atoms with Gasteiger partial charge in [0.15, 0.2) is 11.5 Å². The summed E-state index contributed by atoms with van der Waals surface area (Å²) >= 11 is 0. The Bertz CT molecular complexity index is 758. The zero-order valence-corrected chi connectivity index (χ0v) is 16.8. The average Bonchev–Trinajstić information content (AvgIpc) is 2.75. The molecule has 1 saturated heterocycles. The Labute approximate surface area is 167 Å². The van der Waals surface area contributed by atoms with Crippen LogP contribution in [0, 0.1) is 0 Å². The normalized spacial score (nSPS) is 15.6. The van der Waals surface area contributed by atoms with Crippen molar-refractivity contribution in [2.45, 2.75) is 31.7 Å². The molecule has 0 aliphatic carbocycles.